The molecule has 0 bridgehead atoms. The lowest BCUT2D eigenvalue weighted by atomic mass is 10.0. The molecule has 0 saturated carbocycles. The predicted molar refractivity (Wildman–Crippen MR) is 123 cm³/mol. The van der Waals surface area contributed by atoms with E-state index in [0.29, 0.717) is 39.8 Å². The Kier molecular flexibility index (Phi) is 7.84. The number of carbonyl (C=O) groups excluding carboxylic acids is 2. The first-order chi connectivity index (χ1) is 15.0. The number of aromatic nitrogens is 1. The number of aryl methyl sites for hydroxylation is 1. The summed E-state index contributed by atoms with van der Waals surface area (Å²) in [7, 11) is 0. The van der Waals surface area contributed by atoms with E-state index in [1.165, 1.54) is 0 Å². The second kappa shape index (κ2) is 10.8. The van der Waals surface area contributed by atoms with Crippen molar-refractivity contribution in [2.75, 3.05) is 11.9 Å². The molecular formula is C24H26ClN3O3. The molecule has 0 aliphatic heterocycles. The van der Waals surface area contributed by atoms with Gasteiger partial charge in [-0.1, -0.05) is 73.3 Å². The van der Waals surface area contributed by atoms with Crippen LogP contribution in [0.3, 0.4) is 0 Å². The van der Waals surface area contributed by atoms with Gasteiger partial charge < -0.3 is 15.2 Å². The van der Waals surface area contributed by atoms with Crippen LogP contribution in [-0.2, 0) is 0 Å². The lowest BCUT2D eigenvalue weighted by molar-refractivity contribution is 0.0954. The van der Waals surface area contributed by atoms with Gasteiger partial charge in [-0.05, 0) is 31.5 Å². The topological polar surface area (TPSA) is 84.2 Å². The van der Waals surface area contributed by atoms with Crippen LogP contribution in [0.15, 0.2) is 53.1 Å². The molecule has 0 aliphatic rings. The number of anilines is 1. The summed E-state index contributed by atoms with van der Waals surface area (Å²) >= 11 is 6.29. The first-order valence-electron chi connectivity index (χ1n) is 10.4. The van der Waals surface area contributed by atoms with Crippen LogP contribution in [0.4, 0.5) is 5.69 Å². The Morgan fingerprint density at radius 3 is 2.52 bits per heavy atom. The number of halogens is 1. The number of benzene rings is 2. The highest BCUT2D eigenvalue weighted by atomic mass is 35.5. The van der Waals surface area contributed by atoms with Gasteiger partial charge in [-0.15, -0.1) is 0 Å². The Morgan fingerprint density at radius 1 is 1.00 bits per heavy atom. The van der Waals surface area contributed by atoms with Gasteiger partial charge in [0.15, 0.2) is 0 Å². The van der Waals surface area contributed by atoms with E-state index in [1.54, 1.807) is 49.4 Å². The Hall–Kier alpha value is -3.12. The van der Waals surface area contributed by atoms with Gasteiger partial charge in [0.05, 0.1) is 16.3 Å². The molecule has 2 amide bonds. The number of hydrogen-bond donors (Lipinski definition) is 2. The number of rotatable bonds is 9. The zero-order chi connectivity index (χ0) is 22.2. The molecule has 31 heavy (non-hydrogen) atoms. The fraction of sp³-hybridized carbons (Fsp3) is 0.292. The molecule has 0 radical (unpaired) electrons. The number of unbranched alkanes of at least 4 members (excludes halogenated alkanes) is 3. The molecule has 3 rings (SSSR count). The Balaban J connectivity index is 1.79. The standard InChI is InChI=1S/C24H26ClN3O3/c1-3-4-5-10-15-26-23(29)18-12-7-9-14-20(18)27-24(30)21-16(2)31-28-22(21)17-11-6-8-13-19(17)25/h6-9,11-14H,3-5,10,15H2,1-2H3,(H,26,29)(H,27,30). The molecule has 0 atom stereocenters. The molecule has 3 aromatic rings. The number of nitrogens with one attached hydrogen (secondary N) is 2. The highest BCUT2D eigenvalue weighted by Gasteiger charge is 2.24. The number of hydrogen-bond acceptors (Lipinski definition) is 4. The second-order valence-electron chi connectivity index (χ2n) is 7.26. The average Bonchev–Trinajstić information content (AvgIpc) is 3.15. The monoisotopic (exact) mass is 439 g/mol. The summed E-state index contributed by atoms with van der Waals surface area (Å²) in [5, 5.41) is 10.3. The van der Waals surface area contributed by atoms with Crippen LogP contribution in [0.5, 0.6) is 0 Å². The molecule has 0 spiro atoms. The number of para-hydroxylation sites is 1. The van der Waals surface area contributed by atoms with Crippen LogP contribution in [0, 0.1) is 6.92 Å². The first-order valence-corrected chi connectivity index (χ1v) is 10.8. The zero-order valence-electron chi connectivity index (χ0n) is 17.7. The summed E-state index contributed by atoms with van der Waals surface area (Å²) in [5.74, 6) is -0.275. The van der Waals surface area contributed by atoms with Gasteiger partial charge in [-0.25, -0.2) is 0 Å². The third-order valence-electron chi connectivity index (χ3n) is 4.95. The highest BCUT2D eigenvalue weighted by Crippen LogP contribution is 2.31. The summed E-state index contributed by atoms with van der Waals surface area (Å²) in [6.45, 7) is 4.41. The summed E-state index contributed by atoms with van der Waals surface area (Å²) in [6, 6.07) is 14.0. The van der Waals surface area contributed by atoms with Gasteiger partial charge in [-0.2, -0.15) is 0 Å². The smallest absolute Gasteiger partial charge is 0.261 e. The van der Waals surface area contributed by atoms with Crippen molar-refractivity contribution in [3.05, 3.63) is 70.4 Å². The summed E-state index contributed by atoms with van der Waals surface area (Å²) in [4.78, 5) is 25.8. The van der Waals surface area contributed by atoms with Gasteiger partial charge in [0.1, 0.15) is 17.0 Å². The minimum Gasteiger partial charge on any atom is -0.360 e. The molecule has 2 aromatic carbocycles. The second-order valence-corrected chi connectivity index (χ2v) is 7.67. The number of nitrogens with zero attached hydrogens (tertiary/aromatic N) is 1. The highest BCUT2D eigenvalue weighted by molar-refractivity contribution is 6.33. The van der Waals surface area contributed by atoms with Gasteiger partial charge in [-0.3, -0.25) is 9.59 Å². The Morgan fingerprint density at radius 2 is 1.74 bits per heavy atom. The SMILES string of the molecule is CCCCCCNC(=O)c1ccccc1NC(=O)c1c(-c2ccccc2Cl)noc1C. The van der Waals surface area contributed by atoms with Crippen molar-refractivity contribution in [3.8, 4) is 11.3 Å². The Bertz CT molecular complexity index is 1060. The van der Waals surface area contributed by atoms with E-state index in [9.17, 15) is 9.59 Å². The normalized spacial score (nSPS) is 10.7. The summed E-state index contributed by atoms with van der Waals surface area (Å²) in [5.41, 5.74) is 2.06. The molecule has 1 heterocycles. The van der Waals surface area contributed by atoms with E-state index in [4.69, 9.17) is 16.1 Å². The van der Waals surface area contributed by atoms with E-state index in [1.807, 2.05) is 6.07 Å². The van der Waals surface area contributed by atoms with Crippen molar-refractivity contribution in [3.63, 3.8) is 0 Å². The van der Waals surface area contributed by atoms with Crippen LogP contribution in [-0.4, -0.2) is 23.5 Å². The van der Waals surface area contributed by atoms with Crippen molar-refractivity contribution >= 4 is 29.1 Å². The first kappa shape index (κ1) is 22.6. The van der Waals surface area contributed by atoms with Crippen LogP contribution in [0.1, 0.15) is 59.1 Å². The van der Waals surface area contributed by atoms with E-state index in [0.717, 1.165) is 25.7 Å². The van der Waals surface area contributed by atoms with Crippen LogP contribution >= 0.6 is 11.6 Å². The number of amides is 2. The third-order valence-corrected chi connectivity index (χ3v) is 5.28. The summed E-state index contributed by atoms with van der Waals surface area (Å²) in [6.07, 6.45) is 4.29. The van der Waals surface area contributed by atoms with E-state index in [2.05, 4.69) is 22.7 Å². The van der Waals surface area contributed by atoms with Gasteiger partial charge in [0.25, 0.3) is 11.8 Å². The molecule has 2 N–H and O–H groups in total. The van der Waals surface area contributed by atoms with Crippen molar-refractivity contribution in [1.82, 2.24) is 10.5 Å². The molecule has 0 unspecified atom stereocenters. The molecule has 6 nitrogen and oxygen atoms in total. The lowest BCUT2D eigenvalue weighted by Gasteiger charge is -2.12. The number of carbonyl (C=O) groups is 2. The van der Waals surface area contributed by atoms with Crippen molar-refractivity contribution < 1.29 is 14.1 Å². The minimum absolute atomic E-state index is 0.222. The predicted octanol–water partition coefficient (Wildman–Crippen LogP) is 5.87. The largest absolute Gasteiger partial charge is 0.360 e. The molecular weight excluding hydrogens is 414 g/mol. The molecule has 0 saturated heterocycles. The molecule has 0 aliphatic carbocycles. The van der Waals surface area contributed by atoms with E-state index >= 15 is 0 Å². The van der Waals surface area contributed by atoms with E-state index < -0.39 is 5.91 Å². The van der Waals surface area contributed by atoms with Crippen molar-refractivity contribution in [2.45, 2.75) is 39.5 Å². The van der Waals surface area contributed by atoms with Crippen LogP contribution < -0.4 is 10.6 Å². The third kappa shape index (κ3) is 5.52. The lowest BCUT2D eigenvalue weighted by Crippen LogP contribution is -2.26. The van der Waals surface area contributed by atoms with Crippen LogP contribution in [0.25, 0.3) is 11.3 Å². The quantitative estimate of drug-likeness (QED) is 0.408. The average molecular weight is 440 g/mol. The van der Waals surface area contributed by atoms with Crippen molar-refractivity contribution in [2.24, 2.45) is 0 Å². The molecule has 162 valence electrons. The fourth-order valence-corrected chi connectivity index (χ4v) is 3.53. The maximum atomic E-state index is 13.1. The van der Waals surface area contributed by atoms with Crippen molar-refractivity contribution in [1.29, 1.82) is 0 Å². The molecule has 7 heteroatoms. The van der Waals surface area contributed by atoms with Gasteiger partial charge in [0.2, 0.25) is 0 Å². The maximum Gasteiger partial charge on any atom is 0.261 e. The summed E-state index contributed by atoms with van der Waals surface area (Å²) < 4.78 is 5.28. The molecule has 1 aromatic heterocycles. The van der Waals surface area contributed by atoms with Gasteiger partial charge >= 0.3 is 0 Å². The zero-order valence-corrected chi connectivity index (χ0v) is 18.5. The molecule has 0 fully saturated rings. The fourth-order valence-electron chi connectivity index (χ4n) is 3.30. The van der Waals surface area contributed by atoms with Crippen LogP contribution in [0.2, 0.25) is 5.02 Å². The minimum atomic E-state index is -0.420. The van der Waals surface area contributed by atoms with E-state index in [-0.39, 0.29) is 11.5 Å². The van der Waals surface area contributed by atoms with Gasteiger partial charge in [0, 0.05) is 12.1 Å². The maximum absolute atomic E-state index is 13.1. The Labute approximate surface area is 187 Å².